The molecule has 0 aromatic heterocycles. The maximum atomic E-state index is 14.9. The monoisotopic (exact) mass is 377 g/mol. The highest BCUT2D eigenvalue weighted by Gasteiger charge is 2.45. The zero-order chi connectivity index (χ0) is 18.5. The molecule has 0 amide bonds. The lowest BCUT2D eigenvalue weighted by Gasteiger charge is -2.41. The Labute approximate surface area is 157 Å². The lowest BCUT2D eigenvalue weighted by molar-refractivity contribution is -0.172. The molecule has 0 unspecified atom stereocenters. The van der Waals surface area contributed by atoms with Crippen LogP contribution in [0.15, 0.2) is 59.5 Å². The van der Waals surface area contributed by atoms with Crippen LogP contribution < -0.4 is 5.73 Å². The van der Waals surface area contributed by atoms with E-state index >= 15 is 0 Å². The maximum Gasteiger partial charge on any atom is 0.147 e. The molecular formula is C20H24FNO3S. The lowest BCUT2D eigenvalue weighted by Crippen LogP contribution is -2.60. The van der Waals surface area contributed by atoms with E-state index in [9.17, 15) is 9.50 Å². The molecule has 0 spiro atoms. The van der Waals surface area contributed by atoms with Crippen molar-refractivity contribution < 1.29 is 19.0 Å². The number of aliphatic hydroxyl groups is 1. The molecule has 140 valence electrons. The average Bonchev–Trinajstić information content (AvgIpc) is 2.67. The van der Waals surface area contributed by atoms with E-state index in [0.29, 0.717) is 0 Å². The van der Waals surface area contributed by atoms with Crippen molar-refractivity contribution >= 4 is 11.8 Å². The third-order valence-corrected chi connectivity index (χ3v) is 5.61. The lowest BCUT2D eigenvalue weighted by atomic mass is 10.00. The zero-order valence-electron chi connectivity index (χ0n) is 14.6. The number of aliphatic hydroxyl groups excluding tert-OH is 1. The molecule has 26 heavy (non-hydrogen) atoms. The molecule has 1 saturated heterocycles. The predicted molar refractivity (Wildman–Crippen MR) is 101 cm³/mol. The number of rotatable bonds is 6. The van der Waals surface area contributed by atoms with Gasteiger partial charge >= 0.3 is 0 Å². The molecule has 2 aromatic rings. The molecule has 6 heteroatoms. The van der Waals surface area contributed by atoms with Gasteiger partial charge in [-0.1, -0.05) is 59.8 Å². The molecule has 1 fully saturated rings. The fourth-order valence-corrected chi connectivity index (χ4v) is 3.95. The molecule has 0 saturated carbocycles. The van der Waals surface area contributed by atoms with Gasteiger partial charge in [-0.2, -0.15) is 0 Å². The van der Waals surface area contributed by atoms with E-state index in [-0.39, 0.29) is 13.2 Å². The second-order valence-electron chi connectivity index (χ2n) is 6.44. The van der Waals surface area contributed by atoms with E-state index in [0.717, 1.165) is 16.0 Å². The number of thioether (sulfide) groups is 1. The largest absolute Gasteiger partial charge is 0.394 e. The predicted octanol–water partition coefficient (Wildman–Crippen LogP) is 3.06. The summed E-state index contributed by atoms with van der Waals surface area (Å²) in [7, 11) is 0. The Morgan fingerprint density at radius 1 is 1.15 bits per heavy atom. The summed E-state index contributed by atoms with van der Waals surface area (Å²) in [5, 5.41) is 9.66. The van der Waals surface area contributed by atoms with E-state index in [1.807, 2.05) is 61.5 Å². The van der Waals surface area contributed by atoms with E-state index < -0.39 is 29.9 Å². The minimum Gasteiger partial charge on any atom is -0.394 e. The second kappa shape index (κ2) is 8.97. The van der Waals surface area contributed by atoms with Gasteiger partial charge < -0.3 is 20.3 Å². The Morgan fingerprint density at radius 2 is 1.85 bits per heavy atom. The summed E-state index contributed by atoms with van der Waals surface area (Å²) < 4.78 is 26.5. The molecule has 3 N–H and O–H groups in total. The van der Waals surface area contributed by atoms with Crippen molar-refractivity contribution in [3.63, 3.8) is 0 Å². The molecule has 5 atom stereocenters. The quantitative estimate of drug-likeness (QED) is 0.810. The summed E-state index contributed by atoms with van der Waals surface area (Å²) in [5.41, 5.74) is 7.59. The number of aryl methyl sites for hydroxylation is 1. The van der Waals surface area contributed by atoms with Crippen LogP contribution in [0.3, 0.4) is 0 Å². The van der Waals surface area contributed by atoms with Crippen molar-refractivity contribution in [2.24, 2.45) is 5.73 Å². The summed E-state index contributed by atoms with van der Waals surface area (Å²) >= 11 is 1.37. The maximum absolute atomic E-state index is 14.9. The van der Waals surface area contributed by atoms with Gasteiger partial charge in [0.15, 0.2) is 0 Å². The van der Waals surface area contributed by atoms with Gasteiger partial charge in [-0.3, -0.25) is 0 Å². The molecule has 2 aromatic carbocycles. The average molecular weight is 377 g/mol. The number of benzene rings is 2. The van der Waals surface area contributed by atoms with Gasteiger partial charge in [0.2, 0.25) is 0 Å². The van der Waals surface area contributed by atoms with Gasteiger partial charge in [0, 0.05) is 4.90 Å². The van der Waals surface area contributed by atoms with Crippen LogP contribution in [0.25, 0.3) is 0 Å². The molecule has 1 heterocycles. The van der Waals surface area contributed by atoms with Crippen molar-refractivity contribution in [2.45, 2.75) is 48.3 Å². The Hall–Kier alpha value is -1.44. The Balaban J connectivity index is 1.65. The van der Waals surface area contributed by atoms with Gasteiger partial charge in [0.25, 0.3) is 0 Å². The SMILES string of the molecule is Cc1ccc(S[C@@H]2O[C@H](CO)[C@@H](OCc3ccccc3)[C@H](F)[C@H]2N)cc1. The van der Waals surface area contributed by atoms with Gasteiger partial charge in [-0.25, -0.2) is 4.39 Å². The van der Waals surface area contributed by atoms with Crippen LogP contribution in [0.4, 0.5) is 4.39 Å². The number of halogens is 1. The van der Waals surface area contributed by atoms with Crippen molar-refractivity contribution in [2.75, 3.05) is 6.61 Å². The molecule has 3 rings (SSSR count). The number of nitrogens with two attached hydrogens (primary N) is 1. The van der Waals surface area contributed by atoms with Crippen LogP contribution in [0, 0.1) is 6.92 Å². The standard InChI is InChI=1S/C20H24FNO3S/c1-13-7-9-15(10-8-13)26-20-18(22)17(21)19(16(11-23)25-20)24-12-14-5-3-2-4-6-14/h2-10,16-20,23H,11-12,22H2,1H3/t16-,17-,18-,19-,20+/m1/s1. The third kappa shape index (κ3) is 4.64. The molecular weight excluding hydrogens is 353 g/mol. The fraction of sp³-hybridized carbons (Fsp3) is 0.400. The Bertz CT molecular complexity index is 683. The topological polar surface area (TPSA) is 64.7 Å². The van der Waals surface area contributed by atoms with Gasteiger partial charge in [-0.05, 0) is 24.6 Å². The first-order valence-electron chi connectivity index (χ1n) is 8.63. The number of alkyl halides is 1. The highest BCUT2D eigenvalue weighted by Crippen LogP contribution is 2.35. The third-order valence-electron chi connectivity index (χ3n) is 4.41. The highest BCUT2D eigenvalue weighted by molar-refractivity contribution is 7.99. The van der Waals surface area contributed by atoms with Crippen LogP contribution in [0.1, 0.15) is 11.1 Å². The number of ether oxygens (including phenoxy) is 2. The highest BCUT2D eigenvalue weighted by atomic mass is 32.2. The molecule has 0 radical (unpaired) electrons. The number of hydrogen-bond donors (Lipinski definition) is 2. The van der Waals surface area contributed by atoms with Crippen LogP contribution in [0.5, 0.6) is 0 Å². The Kier molecular flexibility index (Phi) is 6.67. The summed E-state index contributed by atoms with van der Waals surface area (Å²) in [6.45, 7) is 1.93. The first kappa shape index (κ1) is 19.3. The molecule has 1 aliphatic heterocycles. The molecule has 1 aliphatic rings. The van der Waals surface area contributed by atoms with E-state index in [1.165, 1.54) is 11.8 Å². The Morgan fingerprint density at radius 3 is 2.50 bits per heavy atom. The molecule has 0 aliphatic carbocycles. The van der Waals surface area contributed by atoms with E-state index in [2.05, 4.69) is 0 Å². The van der Waals surface area contributed by atoms with Crippen molar-refractivity contribution in [3.8, 4) is 0 Å². The normalized spacial score (nSPS) is 28.8. The van der Waals surface area contributed by atoms with Crippen LogP contribution in [-0.2, 0) is 16.1 Å². The van der Waals surface area contributed by atoms with Crippen LogP contribution in [0.2, 0.25) is 0 Å². The van der Waals surface area contributed by atoms with E-state index in [1.54, 1.807) is 0 Å². The van der Waals surface area contributed by atoms with Crippen molar-refractivity contribution in [1.82, 2.24) is 0 Å². The van der Waals surface area contributed by atoms with E-state index in [4.69, 9.17) is 15.2 Å². The summed E-state index contributed by atoms with van der Waals surface area (Å²) in [6, 6.07) is 16.5. The van der Waals surface area contributed by atoms with Crippen molar-refractivity contribution in [3.05, 3.63) is 65.7 Å². The summed E-state index contributed by atoms with van der Waals surface area (Å²) in [4.78, 5) is 0.948. The molecule has 4 nitrogen and oxygen atoms in total. The second-order valence-corrected chi connectivity index (χ2v) is 7.61. The first-order valence-corrected chi connectivity index (χ1v) is 9.51. The number of hydrogen-bond acceptors (Lipinski definition) is 5. The minimum absolute atomic E-state index is 0.244. The summed E-state index contributed by atoms with van der Waals surface area (Å²) in [6.07, 6.45) is -3.07. The fourth-order valence-electron chi connectivity index (χ4n) is 2.88. The van der Waals surface area contributed by atoms with Gasteiger partial charge in [0.05, 0.1) is 19.3 Å². The molecule has 0 bridgehead atoms. The van der Waals surface area contributed by atoms with Gasteiger partial charge in [0.1, 0.15) is 23.8 Å². The zero-order valence-corrected chi connectivity index (χ0v) is 15.4. The van der Waals surface area contributed by atoms with Crippen LogP contribution >= 0.6 is 11.8 Å². The van der Waals surface area contributed by atoms with Crippen molar-refractivity contribution in [1.29, 1.82) is 0 Å². The first-order chi connectivity index (χ1) is 12.6. The van der Waals surface area contributed by atoms with Gasteiger partial charge in [-0.15, -0.1) is 0 Å². The van der Waals surface area contributed by atoms with Crippen LogP contribution in [-0.4, -0.2) is 41.6 Å². The smallest absolute Gasteiger partial charge is 0.147 e. The summed E-state index contributed by atoms with van der Waals surface area (Å²) in [5.74, 6) is 0. The minimum atomic E-state index is -1.42.